The first-order chi connectivity index (χ1) is 5.43. The fourth-order valence-corrected chi connectivity index (χ4v) is 2.00. The van der Waals surface area contributed by atoms with Crippen LogP contribution >= 0.6 is 0 Å². The van der Waals surface area contributed by atoms with E-state index in [1.165, 1.54) is 0 Å². The SMILES string of the molecule is CC(C)(C)[S@@](=O)[C]1[CH][CH][CH][C]1O. The Morgan fingerprint density at radius 2 is 1.92 bits per heavy atom. The lowest BCUT2D eigenvalue weighted by atomic mass is 10.3. The Morgan fingerprint density at radius 3 is 2.25 bits per heavy atom. The van der Waals surface area contributed by atoms with Crippen molar-refractivity contribution in [2.75, 3.05) is 0 Å². The summed E-state index contributed by atoms with van der Waals surface area (Å²) in [6.07, 6.45) is 5.08. The van der Waals surface area contributed by atoms with Crippen LogP contribution in [0.4, 0.5) is 0 Å². The maximum absolute atomic E-state index is 11.7. The number of hydrogen-bond donors (Lipinski definition) is 1. The predicted molar refractivity (Wildman–Crippen MR) is 49.2 cm³/mol. The van der Waals surface area contributed by atoms with Crippen LogP contribution in [0.5, 0.6) is 0 Å². The average Bonchev–Trinajstić information content (AvgIpc) is 2.31. The molecular formula is C9H13O2S. The summed E-state index contributed by atoms with van der Waals surface area (Å²) in [7, 11) is -1.13. The molecule has 1 fully saturated rings. The second-order valence-corrected chi connectivity index (χ2v) is 5.86. The van der Waals surface area contributed by atoms with Crippen molar-refractivity contribution < 1.29 is 9.32 Å². The van der Waals surface area contributed by atoms with E-state index in [0.29, 0.717) is 5.25 Å². The zero-order chi connectivity index (χ0) is 9.35. The number of aliphatic hydroxyl groups excluding tert-OH is 1. The first-order valence-corrected chi connectivity index (χ1v) is 4.94. The Balaban J connectivity index is 2.64. The Labute approximate surface area is 76.8 Å². The van der Waals surface area contributed by atoms with Gasteiger partial charge >= 0.3 is 0 Å². The second kappa shape index (κ2) is 3.46. The van der Waals surface area contributed by atoms with Gasteiger partial charge in [-0.05, 0) is 33.6 Å². The van der Waals surface area contributed by atoms with E-state index in [0.717, 1.165) is 0 Å². The lowest BCUT2D eigenvalue weighted by molar-refractivity contribution is 0.349. The number of hydrogen-bond acceptors (Lipinski definition) is 2. The largest absolute Gasteiger partial charge is 0.385 e. The summed E-state index contributed by atoms with van der Waals surface area (Å²) in [4.78, 5) is 0. The molecular weight excluding hydrogens is 172 g/mol. The van der Waals surface area contributed by atoms with Crippen LogP contribution in [0.3, 0.4) is 0 Å². The highest BCUT2D eigenvalue weighted by molar-refractivity contribution is 7.89. The molecule has 5 radical (unpaired) electrons. The van der Waals surface area contributed by atoms with E-state index in [4.69, 9.17) is 0 Å². The Morgan fingerprint density at radius 1 is 1.33 bits per heavy atom. The number of rotatable bonds is 1. The van der Waals surface area contributed by atoms with E-state index in [2.05, 4.69) is 0 Å². The van der Waals surface area contributed by atoms with E-state index in [1.807, 2.05) is 20.8 Å². The molecule has 1 N–H and O–H groups in total. The fraction of sp³-hybridized carbons (Fsp3) is 0.444. The third-order valence-corrected chi connectivity index (χ3v) is 3.37. The van der Waals surface area contributed by atoms with Crippen LogP contribution < -0.4 is 0 Å². The van der Waals surface area contributed by atoms with Crippen LogP contribution in [0.1, 0.15) is 20.8 Å². The van der Waals surface area contributed by atoms with Crippen molar-refractivity contribution in [3.05, 3.63) is 30.6 Å². The van der Waals surface area contributed by atoms with Gasteiger partial charge < -0.3 is 5.11 Å². The Hall–Kier alpha value is 0.110. The smallest absolute Gasteiger partial charge is 0.118 e. The van der Waals surface area contributed by atoms with E-state index in [-0.39, 0.29) is 10.9 Å². The zero-order valence-electron chi connectivity index (χ0n) is 7.50. The molecule has 0 spiro atoms. The summed E-state index contributed by atoms with van der Waals surface area (Å²) >= 11 is 0. The van der Waals surface area contributed by atoms with Gasteiger partial charge in [-0.25, -0.2) is 0 Å². The first kappa shape index (κ1) is 10.2. The van der Waals surface area contributed by atoms with Crippen molar-refractivity contribution in [1.29, 1.82) is 0 Å². The van der Waals surface area contributed by atoms with E-state index in [1.54, 1.807) is 19.3 Å². The van der Waals surface area contributed by atoms with Crippen molar-refractivity contribution in [1.82, 2.24) is 0 Å². The lowest BCUT2D eigenvalue weighted by Crippen LogP contribution is -2.28. The minimum atomic E-state index is -1.13. The van der Waals surface area contributed by atoms with E-state index >= 15 is 0 Å². The van der Waals surface area contributed by atoms with Crippen LogP contribution in [0, 0.1) is 30.6 Å². The van der Waals surface area contributed by atoms with Crippen LogP contribution in [0.15, 0.2) is 0 Å². The topological polar surface area (TPSA) is 37.3 Å². The molecule has 1 atom stereocenters. The van der Waals surface area contributed by atoms with Crippen LogP contribution in [0.2, 0.25) is 0 Å². The quantitative estimate of drug-likeness (QED) is 0.673. The summed E-state index contributed by atoms with van der Waals surface area (Å²) in [5.41, 5.74) is 0. The predicted octanol–water partition coefficient (Wildman–Crippen LogP) is 1.60. The molecule has 67 valence electrons. The summed E-state index contributed by atoms with van der Waals surface area (Å²) in [5, 5.41) is 9.82. The summed E-state index contributed by atoms with van der Waals surface area (Å²) < 4.78 is 11.4. The summed E-state index contributed by atoms with van der Waals surface area (Å²) in [6.45, 7) is 5.65. The van der Waals surface area contributed by atoms with Crippen LogP contribution in [-0.4, -0.2) is 14.1 Å². The average molecular weight is 185 g/mol. The Bertz CT molecular complexity index is 183. The van der Waals surface area contributed by atoms with Crippen molar-refractivity contribution in [3.8, 4) is 0 Å². The Kier molecular flexibility index (Phi) is 2.94. The molecule has 0 amide bonds. The molecule has 0 aliphatic heterocycles. The van der Waals surface area contributed by atoms with Gasteiger partial charge in [0.1, 0.15) is 11.4 Å². The molecule has 0 bridgehead atoms. The lowest BCUT2D eigenvalue weighted by Gasteiger charge is -2.23. The van der Waals surface area contributed by atoms with Gasteiger partial charge in [0.05, 0.1) is 0 Å². The molecule has 1 aliphatic rings. The molecule has 0 heterocycles. The van der Waals surface area contributed by atoms with Crippen molar-refractivity contribution in [3.63, 3.8) is 0 Å². The van der Waals surface area contributed by atoms with Crippen molar-refractivity contribution in [2.24, 2.45) is 0 Å². The molecule has 1 saturated carbocycles. The molecule has 0 saturated heterocycles. The molecule has 0 aromatic rings. The minimum Gasteiger partial charge on any atom is -0.385 e. The fourth-order valence-electron chi connectivity index (χ4n) is 0.881. The van der Waals surface area contributed by atoms with Gasteiger partial charge in [-0.15, -0.1) is 0 Å². The van der Waals surface area contributed by atoms with Crippen molar-refractivity contribution in [2.45, 2.75) is 25.5 Å². The van der Waals surface area contributed by atoms with Gasteiger partial charge in [-0.3, -0.25) is 4.21 Å². The van der Waals surface area contributed by atoms with Gasteiger partial charge in [0.15, 0.2) is 0 Å². The molecule has 12 heavy (non-hydrogen) atoms. The molecule has 1 aliphatic carbocycles. The monoisotopic (exact) mass is 185 g/mol. The van der Waals surface area contributed by atoms with Gasteiger partial charge in [0.25, 0.3) is 0 Å². The molecule has 0 aromatic carbocycles. The maximum atomic E-state index is 11.7. The highest BCUT2D eigenvalue weighted by Gasteiger charge is 2.38. The molecule has 0 aromatic heterocycles. The zero-order valence-corrected chi connectivity index (χ0v) is 8.31. The van der Waals surface area contributed by atoms with Gasteiger partial charge in [-0.1, -0.05) is 0 Å². The second-order valence-electron chi connectivity index (χ2n) is 3.66. The first-order valence-electron chi connectivity index (χ1n) is 3.79. The third kappa shape index (κ3) is 2.07. The van der Waals surface area contributed by atoms with Gasteiger partial charge in [0, 0.05) is 22.0 Å². The molecule has 1 rings (SSSR count). The minimum absolute atomic E-state index is 0.128. The maximum Gasteiger partial charge on any atom is 0.118 e. The third-order valence-electron chi connectivity index (χ3n) is 1.51. The summed E-state index contributed by atoms with van der Waals surface area (Å²) in [6, 6.07) is 0. The summed E-state index contributed by atoms with van der Waals surface area (Å²) in [5.74, 6) is 0. The molecule has 0 unspecified atom stereocenters. The normalized spacial score (nSPS) is 24.7. The van der Waals surface area contributed by atoms with Crippen LogP contribution in [0.25, 0.3) is 0 Å². The van der Waals surface area contributed by atoms with Gasteiger partial charge in [0.2, 0.25) is 0 Å². The van der Waals surface area contributed by atoms with Crippen molar-refractivity contribution >= 4 is 10.8 Å². The highest BCUT2D eigenvalue weighted by atomic mass is 32.2. The highest BCUT2D eigenvalue weighted by Crippen LogP contribution is 2.37. The van der Waals surface area contributed by atoms with Gasteiger partial charge in [-0.2, -0.15) is 0 Å². The molecule has 2 nitrogen and oxygen atoms in total. The van der Waals surface area contributed by atoms with Crippen LogP contribution in [-0.2, 0) is 10.8 Å². The van der Waals surface area contributed by atoms with E-state index in [9.17, 15) is 9.32 Å². The van der Waals surface area contributed by atoms with E-state index < -0.39 is 10.8 Å². The molecule has 3 heteroatoms. The standard InChI is InChI=1S/C9H13O2S/c1-9(2,3)12(11)8-6-4-5-7(8)10/h4-6,10H,1-3H3/t12-/m0/s1. The number of aliphatic hydroxyl groups is 1.